The number of carbonyl (C=O) groups is 2. The van der Waals surface area contributed by atoms with Crippen molar-refractivity contribution in [2.45, 2.75) is 19.5 Å². The van der Waals surface area contributed by atoms with Gasteiger partial charge >= 0.3 is 0 Å². The zero-order valence-electron chi connectivity index (χ0n) is 19.9. The predicted octanol–water partition coefficient (Wildman–Crippen LogP) is 4.96. The number of hydrogen-bond acceptors (Lipinski definition) is 5. The summed E-state index contributed by atoms with van der Waals surface area (Å²) in [5.74, 6) is -0.709. The van der Waals surface area contributed by atoms with E-state index in [9.17, 15) is 14.0 Å². The maximum absolute atomic E-state index is 13.7. The lowest BCUT2D eigenvalue weighted by Gasteiger charge is -2.31. The molecule has 2 amide bonds. The molecular formula is C28H25FN4O3. The first-order valence-electron chi connectivity index (χ1n) is 11.3. The second-order valence-corrected chi connectivity index (χ2v) is 8.18. The lowest BCUT2D eigenvalue weighted by atomic mass is 10.0. The summed E-state index contributed by atoms with van der Waals surface area (Å²) in [6.07, 6.45) is 4.27. The van der Waals surface area contributed by atoms with Crippen molar-refractivity contribution in [2.24, 2.45) is 0 Å². The molecule has 0 saturated heterocycles. The molecule has 1 N–H and O–H groups in total. The Morgan fingerprint density at radius 2 is 1.78 bits per heavy atom. The smallest absolute Gasteiger partial charge is 0.275 e. The molecule has 8 heteroatoms. The van der Waals surface area contributed by atoms with E-state index in [-0.39, 0.29) is 12.2 Å². The number of anilines is 1. The van der Waals surface area contributed by atoms with Gasteiger partial charge in [-0.1, -0.05) is 42.0 Å². The van der Waals surface area contributed by atoms with E-state index in [0.717, 1.165) is 11.1 Å². The Labute approximate surface area is 208 Å². The van der Waals surface area contributed by atoms with Crippen LogP contribution in [0.1, 0.15) is 33.2 Å². The summed E-state index contributed by atoms with van der Waals surface area (Å²) in [5, 5.41) is 2.82. The molecule has 3 aromatic carbocycles. The zero-order chi connectivity index (χ0) is 25.5. The van der Waals surface area contributed by atoms with E-state index in [1.807, 2.05) is 43.3 Å². The third-order valence-electron chi connectivity index (χ3n) is 5.60. The summed E-state index contributed by atoms with van der Waals surface area (Å²) in [6.45, 7) is 2.04. The predicted molar refractivity (Wildman–Crippen MR) is 134 cm³/mol. The largest absolute Gasteiger partial charge is 0.497 e. The number of nitrogens with zero attached hydrogens (tertiary/aromatic N) is 3. The van der Waals surface area contributed by atoms with Crippen molar-refractivity contribution in [1.29, 1.82) is 0 Å². The fourth-order valence-electron chi connectivity index (χ4n) is 3.77. The van der Waals surface area contributed by atoms with Gasteiger partial charge in [0.15, 0.2) is 0 Å². The van der Waals surface area contributed by atoms with Crippen LogP contribution in [-0.4, -0.2) is 33.8 Å². The average Bonchev–Trinajstić information content (AvgIpc) is 2.91. The van der Waals surface area contributed by atoms with Crippen LogP contribution in [0.25, 0.3) is 0 Å². The average molecular weight is 485 g/mol. The highest BCUT2D eigenvalue weighted by Crippen LogP contribution is 2.28. The fourth-order valence-corrected chi connectivity index (χ4v) is 3.77. The molecule has 0 fully saturated rings. The van der Waals surface area contributed by atoms with E-state index in [1.165, 1.54) is 47.8 Å². The van der Waals surface area contributed by atoms with Crippen molar-refractivity contribution < 1.29 is 18.7 Å². The monoisotopic (exact) mass is 484 g/mol. The van der Waals surface area contributed by atoms with Crippen LogP contribution in [0.5, 0.6) is 5.75 Å². The van der Waals surface area contributed by atoms with Crippen LogP contribution in [0.3, 0.4) is 0 Å². The number of aryl methyl sites for hydroxylation is 1. The Morgan fingerprint density at radius 1 is 1.03 bits per heavy atom. The number of carbonyl (C=O) groups excluding carboxylic acids is 2. The van der Waals surface area contributed by atoms with Crippen molar-refractivity contribution in [3.8, 4) is 5.75 Å². The van der Waals surface area contributed by atoms with E-state index in [2.05, 4.69) is 15.3 Å². The topological polar surface area (TPSA) is 84.4 Å². The molecule has 0 aliphatic heterocycles. The molecule has 1 aromatic heterocycles. The molecule has 1 atom stereocenters. The summed E-state index contributed by atoms with van der Waals surface area (Å²) >= 11 is 0. The molecule has 0 aliphatic carbocycles. The van der Waals surface area contributed by atoms with Gasteiger partial charge in [-0.2, -0.15) is 0 Å². The summed E-state index contributed by atoms with van der Waals surface area (Å²) < 4.78 is 18.8. The molecule has 0 aliphatic rings. The van der Waals surface area contributed by atoms with Crippen molar-refractivity contribution in [3.63, 3.8) is 0 Å². The van der Waals surface area contributed by atoms with E-state index < -0.39 is 23.7 Å². The second-order valence-electron chi connectivity index (χ2n) is 8.18. The fraction of sp³-hybridized carbons (Fsp3) is 0.143. The lowest BCUT2D eigenvalue weighted by molar-refractivity contribution is -0.121. The first-order valence-corrected chi connectivity index (χ1v) is 11.3. The Kier molecular flexibility index (Phi) is 7.65. The lowest BCUT2D eigenvalue weighted by Crippen LogP contribution is -2.41. The van der Waals surface area contributed by atoms with Gasteiger partial charge in [-0.15, -0.1) is 0 Å². The highest BCUT2D eigenvalue weighted by molar-refractivity contribution is 6.00. The SMILES string of the molecule is COc1cccc(CN(C(=O)c2cnccn2)[C@H](C(=O)Nc2ccc(F)cc2)c2ccc(C)cc2)c1. The van der Waals surface area contributed by atoms with Crippen LogP contribution in [0.15, 0.2) is 91.4 Å². The minimum atomic E-state index is -1.02. The van der Waals surface area contributed by atoms with Crippen LogP contribution < -0.4 is 10.1 Å². The molecule has 0 radical (unpaired) electrons. The number of aromatic nitrogens is 2. The molecule has 182 valence electrons. The van der Waals surface area contributed by atoms with E-state index in [4.69, 9.17) is 4.74 Å². The van der Waals surface area contributed by atoms with Crippen LogP contribution in [0.2, 0.25) is 0 Å². The van der Waals surface area contributed by atoms with Crippen molar-refractivity contribution in [3.05, 3.63) is 120 Å². The molecule has 1 heterocycles. The minimum Gasteiger partial charge on any atom is -0.497 e. The second kappa shape index (κ2) is 11.2. The van der Waals surface area contributed by atoms with Crippen molar-refractivity contribution in [2.75, 3.05) is 12.4 Å². The molecule has 0 saturated carbocycles. The maximum atomic E-state index is 13.7. The van der Waals surface area contributed by atoms with Gasteiger partial charge in [0.1, 0.15) is 23.3 Å². The third kappa shape index (κ3) is 5.90. The van der Waals surface area contributed by atoms with Gasteiger partial charge in [0.2, 0.25) is 0 Å². The van der Waals surface area contributed by atoms with E-state index >= 15 is 0 Å². The van der Waals surface area contributed by atoms with Gasteiger partial charge in [0.25, 0.3) is 11.8 Å². The van der Waals surface area contributed by atoms with Gasteiger partial charge in [-0.05, 0) is 54.4 Å². The summed E-state index contributed by atoms with van der Waals surface area (Å²) in [6, 6.07) is 19.1. The van der Waals surface area contributed by atoms with Gasteiger partial charge < -0.3 is 15.0 Å². The quantitative estimate of drug-likeness (QED) is 0.382. The molecular weight excluding hydrogens is 459 g/mol. The number of halogens is 1. The highest BCUT2D eigenvalue weighted by atomic mass is 19.1. The Bertz CT molecular complexity index is 1330. The number of hydrogen-bond donors (Lipinski definition) is 1. The third-order valence-corrected chi connectivity index (χ3v) is 5.60. The summed E-state index contributed by atoms with van der Waals surface area (Å²) in [4.78, 5) is 37.1. The molecule has 0 bridgehead atoms. The normalized spacial score (nSPS) is 11.4. The van der Waals surface area contributed by atoms with E-state index in [1.54, 1.807) is 19.2 Å². The number of benzene rings is 3. The van der Waals surface area contributed by atoms with E-state index in [0.29, 0.717) is 17.0 Å². The number of ether oxygens (including phenoxy) is 1. The first kappa shape index (κ1) is 24.5. The van der Waals surface area contributed by atoms with Gasteiger partial charge in [-0.25, -0.2) is 9.37 Å². The van der Waals surface area contributed by atoms with Crippen LogP contribution >= 0.6 is 0 Å². The Balaban J connectivity index is 1.78. The standard InChI is InChI=1S/C28H25FN4O3/c1-19-6-8-21(9-7-19)26(27(34)32-23-12-10-22(29)11-13-23)33(28(35)25-17-30-14-15-31-25)18-20-4-3-5-24(16-20)36-2/h3-17,26H,18H2,1-2H3,(H,32,34)/t26-/m0/s1. The molecule has 0 spiro atoms. The summed E-state index contributed by atoms with van der Waals surface area (Å²) in [5.41, 5.74) is 2.90. The Morgan fingerprint density at radius 3 is 2.44 bits per heavy atom. The van der Waals surface area contributed by atoms with Gasteiger partial charge in [0.05, 0.1) is 13.3 Å². The number of methoxy groups -OCH3 is 1. The summed E-state index contributed by atoms with van der Waals surface area (Å²) in [7, 11) is 1.56. The molecule has 4 aromatic rings. The molecule has 7 nitrogen and oxygen atoms in total. The maximum Gasteiger partial charge on any atom is 0.275 e. The minimum absolute atomic E-state index is 0.0992. The zero-order valence-corrected chi connectivity index (χ0v) is 19.9. The van der Waals surface area contributed by atoms with Crippen molar-refractivity contribution in [1.82, 2.24) is 14.9 Å². The highest BCUT2D eigenvalue weighted by Gasteiger charge is 2.33. The van der Waals surface area contributed by atoms with Crippen LogP contribution in [0.4, 0.5) is 10.1 Å². The number of nitrogens with one attached hydrogen (secondary N) is 1. The van der Waals surface area contributed by atoms with Crippen LogP contribution in [0, 0.1) is 12.7 Å². The Hall–Kier alpha value is -4.59. The van der Waals surface area contributed by atoms with Gasteiger partial charge in [-0.3, -0.25) is 14.6 Å². The molecule has 0 unspecified atom stereocenters. The van der Waals surface area contributed by atoms with Crippen molar-refractivity contribution >= 4 is 17.5 Å². The molecule has 4 rings (SSSR count). The molecule has 36 heavy (non-hydrogen) atoms. The number of amides is 2. The number of rotatable bonds is 8. The van der Waals surface area contributed by atoms with Gasteiger partial charge in [0, 0.05) is 24.6 Å². The van der Waals surface area contributed by atoms with Crippen LogP contribution in [-0.2, 0) is 11.3 Å². The first-order chi connectivity index (χ1) is 17.4.